The molecule has 4 unspecified atom stereocenters. The fourth-order valence-corrected chi connectivity index (χ4v) is 4.48. The quantitative estimate of drug-likeness (QED) is 0.913. The number of fused-ring (bicyclic) bond motifs is 3. The summed E-state index contributed by atoms with van der Waals surface area (Å²) in [5.41, 5.74) is 8.66. The number of carbonyl (C=O) groups excluding carboxylic acids is 1. The Kier molecular flexibility index (Phi) is 2.83. The van der Waals surface area contributed by atoms with E-state index in [0.717, 1.165) is 35.5 Å². The number of aromatic nitrogens is 1. The lowest BCUT2D eigenvalue weighted by Crippen LogP contribution is -2.42. The number of oxazole rings is 1. The standard InChI is InChI=1S/C18H21N3O2/c19-16-11-4-3-10(7-11)15(16)17(22)20-12-5-6-14-13(8-12)21-18(23-14)9-1-2-9/h5-6,8-11,15-16H,1-4,7,19H2,(H,20,22). The average Bonchev–Trinajstić information content (AvgIpc) is 3.01. The molecule has 120 valence electrons. The van der Waals surface area contributed by atoms with Gasteiger partial charge in [0.15, 0.2) is 11.5 Å². The molecule has 1 aromatic heterocycles. The Morgan fingerprint density at radius 3 is 2.78 bits per heavy atom. The maximum atomic E-state index is 12.6. The maximum absolute atomic E-state index is 12.6. The van der Waals surface area contributed by atoms with E-state index in [-0.39, 0.29) is 17.9 Å². The van der Waals surface area contributed by atoms with Crippen molar-refractivity contribution in [2.75, 3.05) is 5.32 Å². The molecule has 4 atom stereocenters. The first kappa shape index (κ1) is 13.5. The minimum absolute atomic E-state index is 0.0194. The van der Waals surface area contributed by atoms with Crippen LogP contribution in [0.5, 0.6) is 0 Å². The number of nitrogens with zero attached hydrogens (tertiary/aromatic N) is 1. The number of nitrogens with two attached hydrogens (primary N) is 1. The zero-order valence-corrected chi connectivity index (χ0v) is 13.0. The van der Waals surface area contributed by atoms with E-state index in [9.17, 15) is 4.79 Å². The first-order valence-electron chi connectivity index (χ1n) is 8.66. The summed E-state index contributed by atoms with van der Waals surface area (Å²) in [5.74, 6) is 2.35. The predicted molar refractivity (Wildman–Crippen MR) is 86.9 cm³/mol. The Morgan fingerprint density at radius 1 is 1.22 bits per heavy atom. The molecule has 3 saturated carbocycles. The lowest BCUT2D eigenvalue weighted by Gasteiger charge is -2.26. The molecule has 0 radical (unpaired) electrons. The average molecular weight is 311 g/mol. The second-order valence-corrected chi connectivity index (χ2v) is 7.43. The molecule has 0 spiro atoms. The Balaban J connectivity index is 1.37. The Bertz CT molecular complexity index is 778. The second-order valence-electron chi connectivity index (χ2n) is 7.43. The molecule has 3 aliphatic rings. The third kappa shape index (κ3) is 2.17. The molecule has 1 heterocycles. The minimum atomic E-state index is -0.0382. The number of amides is 1. The summed E-state index contributed by atoms with van der Waals surface area (Å²) < 4.78 is 5.77. The molecule has 1 aromatic carbocycles. The highest BCUT2D eigenvalue weighted by Crippen LogP contribution is 2.48. The van der Waals surface area contributed by atoms with Crippen LogP contribution in [0, 0.1) is 17.8 Å². The van der Waals surface area contributed by atoms with Crippen molar-refractivity contribution in [1.29, 1.82) is 0 Å². The SMILES string of the molecule is NC1C2CCC(C2)C1C(=O)Nc1ccc2oc(C3CC3)nc2c1. The van der Waals surface area contributed by atoms with Crippen LogP contribution in [-0.4, -0.2) is 16.9 Å². The van der Waals surface area contributed by atoms with Crippen molar-refractivity contribution in [3.63, 3.8) is 0 Å². The fraction of sp³-hybridized carbons (Fsp3) is 0.556. The Labute approximate surface area is 134 Å². The molecule has 0 aliphatic heterocycles. The topological polar surface area (TPSA) is 81.2 Å². The lowest BCUT2D eigenvalue weighted by atomic mass is 9.84. The summed E-state index contributed by atoms with van der Waals surface area (Å²) >= 11 is 0. The van der Waals surface area contributed by atoms with Crippen molar-refractivity contribution < 1.29 is 9.21 Å². The van der Waals surface area contributed by atoms with Crippen LogP contribution in [-0.2, 0) is 4.79 Å². The van der Waals surface area contributed by atoms with Gasteiger partial charge in [-0.2, -0.15) is 0 Å². The number of hydrogen-bond donors (Lipinski definition) is 2. The van der Waals surface area contributed by atoms with E-state index < -0.39 is 0 Å². The van der Waals surface area contributed by atoms with E-state index in [2.05, 4.69) is 10.3 Å². The van der Waals surface area contributed by atoms with Crippen LogP contribution in [0.1, 0.15) is 43.9 Å². The zero-order valence-electron chi connectivity index (χ0n) is 13.0. The number of nitrogens with one attached hydrogen (secondary N) is 1. The first-order chi connectivity index (χ1) is 11.2. The van der Waals surface area contributed by atoms with Crippen molar-refractivity contribution >= 4 is 22.7 Å². The van der Waals surface area contributed by atoms with Gasteiger partial charge in [-0.3, -0.25) is 4.79 Å². The summed E-state index contributed by atoms with van der Waals surface area (Å²) in [5, 5.41) is 3.04. The number of carbonyl (C=O) groups is 1. The lowest BCUT2D eigenvalue weighted by molar-refractivity contribution is -0.121. The first-order valence-corrected chi connectivity index (χ1v) is 8.66. The third-order valence-corrected chi connectivity index (χ3v) is 5.88. The molecule has 2 aromatic rings. The summed E-state index contributed by atoms with van der Waals surface area (Å²) in [6.07, 6.45) is 5.78. The van der Waals surface area contributed by atoms with Crippen LogP contribution in [0.25, 0.3) is 11.1 Å². The van der Waals surface area contributed by atoms with E-state index in [1.165, 1.54) is 19.3 Å². The third-order valence-electron chi connectivity index (χ3n) is 5.88. The van der Waals surface area contributed by atoms with Gasteiger partial charge in [0.2, 0.25) is 5.91 Å². The molecular formula is C18H21N3O2. The normalized spacial score (nSPS) is 32.6. The summed E-state index contributed by atoms with van der Waals surface area (Å²) in [6, 6.07) is 5.71. The van der Waals surface area contributed by atoms with E-state index in [0.29, 0.717) is 17.8 Å². The number of rotatable bonds is 3. The van der Waals surface area contributed by atoms with Gasteiger partial charge < -0.3 is 15.5 Å². The van der Waals surface area contributed by atoms with Gasteiger partial charge in [0.05, 0.1) is 5.92 Å². The summed E-state index contributed by atoms with van der Waals surface area (Å²) in [7, 11) is 0. The molecule has 23 heavy (non-hydrogen) atoms. The molecule has 3 aliphatic carbocycles. The van der Waals surface area contributed by atoms with Gasteiger partial charge in [0.25, 0.3) is 0 Å². The van der Waals surface area contributed by atoms with Crippen molar-refractivity contribution in [2.24, 2.45) is 23.5 Å². The van der Waals surface area contributed by atoms with Crippen LogP contribution in [0.2, 0.25) is 0 Å². The fourth-order valence-electron chi connectivity index (χ4n) is 4.48. The monoisotopic (exact) mass is 311 g/mol. The molecule has 2 bridgehead atoms. The molecule has 3 fully saturated rings. The molecule has 3 N–H and O–H groups in total. The smallest absolute Gasteiger partial charge is 0.229 e. The second kappa shape index (κ2) is 4.81. The zero-order chi connectivity index (χ0) is 15.6. The molecular weight excluding hydrogens is 290 g/mol. The largest absolute Gasteiger partial charge is 0.440 e. The Morgan fingerprint density at radius 2 is 2.04 bits per heavy atom. The van der Waals surface area contributed by atoms with Gasteiger partial charge in [0, 0.05) is 17.6 Å². The van der Waals surface area contributed by atoms with Crippen LogP contribution in [0.3, 0.4) is 0 Å². The highest BCUT2D eigenvalue weighted by atomic mass is 16.3. The van der Waals surface area contributed by atoms with Gasteiger partial charge in [0.1, 0.15) is 5.52 Å². The van der Waals surface area contributed by atoms with Gasteiger partial charge in [-0.25, -0.2) is 4.98 Å². The van der Waals surface area contributed by atoms with Crippen molar-refractivity contribution in [2.45, 2.75) is 44.1 Å². The van der Waals surface area contributed by atoms with Crippen LogP contribution in [0.4, 0.5) is 5.69 Å². The number of hydrogen-bond acceptors (Lipinski definition) is 4. The maximum Gasteiger partial charge on any atom is 0.229 e. The van der Waals surface area contributed by atoms with E-state index >= 15 is 0 Å². The van der Waals surface area contributed by atoms with Crippen molar-refractivity contribution in [1.82, 2.24) is 4.98 Å². The number of anilines is 1. The minimum Gasteiger partial charge on any atom is -0.440 e. The highest BCUT2D eigenvalue weighted by Gasteiger charge is 2.49. The van der Waals surface area contributed by atoms with Gasteiger partial charge in [-0.1, -0.05) is 0 Å². The summed E-state index contributed by atoms with van der Waals surface area (Å²) in [6.45, 7) is 0. The molecule has 0 saturated heterocycles. The van der Waals surface area contributed by atoms with Gasteiger partial charge >= 0.3 is 0 Å². The van der Waals surface area contributed by atoms with Crippen LogP contribution < -0.4 is 11.1 Å². The van der Waals surface area contributed by atoms with Crippen LogP contribution in [0.15, 0.2) is 22.6 Å². The van der Waals surface area contributed by atoms with Gasteiger partial charge in [-0.15, -0.1) is 0 Å². The van der Waals surface area contributed by atoms with E-state index in [1.807, 2.05) is 18.2 Å². The van der Waals surface area contributed by atoms with E-state index in [4.69, 9.17) is 10.2 Å². The molecule has 5 rings (SSSR count). The van der Waals surface area contributed by atoms with Crippen molar-refractivity contribution in [3.05, 3.63) is 24.1 Å². The van der Waals surface area contributed by atoms with Crippen LogP contribution >= 0.6 is 0 Å². The molecule has 5 heteroatoms. The summed E-state index contributed by atoms with van der Waals surface area (Å²) in [4.78, 5) is 17.2. The highest BCUT2D eigenvalue weighted by molar-refractivity contribution is 5.95. The Hall–Kier alpha value is -1.88. The number of benzene rings is 1. The van der Waals surface area contributed by atoms with E-state index in [1.54, 1.807) is 0 Å². The van der Waals surface area contributed by atoms with Crippen molar-refractivity contribution in [3.8, 4) is 0 Å². The van der Waals surface area contributed by atoms with Gasteiger partial charge in [-0.05, 0) is 62.1 Å². The molecule has 1 amide bonds. The molecule has 5 nitrogen and oxygen atoms in total. The predicted octanol–water partition coefficient (Wildman–Crippen LogP) is 3.02.